The summed E-state index contributed by atoms with van der Waals surface area (Å²) in [5.74, 6) is 0.988. The molecule has 0 fully saturated rings. The fourth-order valence-electron chi connectivity index (χ4n) is 1.85. The maximum atomic E-state index is 5.47. The highest BCUT2D eigenvalue weighted by atomic mass is 79.9. The van der Waals surface area contributed by atoms with Gasteiger partial charge in [-0.3, -0.25) is 0 Å². The molecule has 0 unspecified atom stereocenters. The minimum absolute atomic E-state index is 0.263. The molecular formula is C12H20BrNO. The molecule has 1 aromatic rings. The topological polar surface area (TPSA) is 25.2 Å². The van der Waals surface area contributed by atoms with Gasteiger partial charge in [0, 0.05) is 5.54 Å². The summed E-state index contributed by atoms with van der Waals surface area (Å²) in [4.78, 5) is 0. The van der Waals surface area contributed by atoms with Crippen molar-refractivity contribution in [3.05, 3.63) is 22.6 Å². The fourth-order valence-corrected chi connectivity index (χ4v) is 2.19. The highest BCUT2D eigenvalue weighted by Crippen LogP contribution is 2.21. The Labute approximate surface area is 101 Å². The number of halogens is 1. The fraction of sp³-hybridized carbons (Fsp3) is 0.667. The molecule has 1 N–H and O–H groups in total. The first-order valence-corrected chi connectivity index (χ1v) is 6.44. The molecule has 0 spiro atoms. The van der Waals surface area contributed by atoms with Crippen molar-refractivity contribution < 1.29 is 4.42 Å². The van der Waals surface area contributed by atoms with Crippen molar-refractivity contribution in [2.45, 2.75) is 52.1 Å². The van der Waals surface area contributed by atoms with Crippen LogP contribution in [0.1, 0.15) is 45.8 Å². The van der Waals surface area contributed by atoms with E-state index in [-0.39, 0.29) is 5.54 Å². The summed E-state index contributed by atoms with van der Waals surface area (Å²) < 4.78 is 6.27. The molecule has 1 aromatic heterocycles. The Morgan fingerprint density at radius 3 is 2.20 bits per heavy atom. The average Bonchev–Trinajstić information content (AvgIpc) is 2.67. The zero-order chi connectivity index (χ0) is 11.3. The second-order valence-electron chi connectivity index (χ2n) is 3.90. The van der Waals surface area contributed by atoms with Gasteiger partial charge >= 0.3 is 0 Å². The van der Waals surface area contributed by atoms with Crippen molar-refractivity contribution in [2.75, 3.05) is 0 Å². The van der Waals surface area contributed by atoms with E-state index in [1.807, 2.05) is 12.1 Å². The molecule has 15 heavy (non-hydrogen) atoms. The molecule has 0 amide bonds. The third kappa shape index (κ3) is 3.35. The number of hydrogen-bond donors (Lipinski definition) is 1. The summed E-state index contributed by atoms with van der Waals surface area (Å²) in [6.45, 7) is 7.51. The molecule has 1 heterocycles. The monoisotopic (exact) mass is 273 g/mol. The lowest BCUT2D eigenvalue weighted by Crippen LogP contribution is -2.42. The highest BCUT2D eigenvalue weighted by molar-refractivity contribution is 9.10. The molecule has 0 saturated carbocycles. The van der Waals surface area contributed by atoms with E-state index >= 15 is 0 Å². The van der Waals surface area contributed by atoms with Gasteiger partial charge in [-0.1, -0.05) is 20.8 Å². The quantitative estimate of drug-likeness (QED) is 0.844. The van der Waals surface area contributed by atoms with E-state index in [9.17, 15) is 0 Å². The van der Waals surface area contributed by atoms with Gasteiger partial charge in [0.2, 0.25) is 0 Å². The summed E-state index contributed by atoms with van der Waals surface area (Å²) in [7, 11) is 0. The maximum absolute atomic E-state index is 5.47. The third-order valence-electron chi connectivity index (χ3n) is 3.30. The Balaban J connectivity index is 2.54. The number of furan rings is 1. The van der Waals surface area contributed by atoms with Gasteiger partial charge in [-0.2, -0.15) is 0 Å². The molecule has 0 saturated heterocycles. The van der Waals surface area contributed by atoms with Crippen LogP contribution >= 0.6 is 15.9 Å². The summed E-state index contributed by atoms with van der Waals surface area (Å²) in [5, 5.41) is 3.60. The van der Waals surface area contributed by atoms with Crippen LogP contribution in [0.15, 0.2) is 21.2 Å². The van der Waals surface area contributed by atoms with E-state index in [0.29, 0.717) is 0 Å². The molecule has 2 nitrogen and oxygen atoms in total. The normalized spacial score (nSPS) is 12.0. The summed E-state index contributed by atoms with van der Waals surface area (Å²) in [5.41, 5.74) is 0.263. The average molecular weight is 274 g/mol. The number of nitrogens with one attached hydrogen (secondary N) is 1. The Bertz CT molecular complexity index is 283. The Morgan fingerprint density at radius 2 is 1.80 bits per heavy atom. The van der Waals surface area contributed by atoms with Gasteiger partial charge in [-0.05, 0) is 47.3 Å². The molecule has 0 aliphatic heterocycles. The molecular weight excluding hydrogens is 254 g/mol. The van der Waals surface area contributed by atoms with Gasteiger partial charge in [-0.15, -0.1) is 0 Å². The Hall–Kier alpha value is -0.280. The minimum atomic E-state index is 0.263. The maximum Gasteiger partial charge on any atom is 0.169 e. The van der Waals surface area contributed by atoms with E-state index in [2.05, 4.69) is 42.0 Å². The molecule has 0 atom stereocenters. The SMILES string of the molecule is CCC(CC)(CC)NCc1ccc(Br)o1. The largest absolute Gasteiger partial charge is 0.453 e. The predicted octanol–water partition coefficient (Wildman–Crippen LogP) is 4.10. The van der Waals surface area contributed by atoms with Crippen LogP contribution in [-0.2, 0) is 6.54 Å². The molecule has 0 radical (unpaired) electrons. The van der Waals surface area contributed by atoms with Gasteiger partial charge in [-0.25, -0.2) is 0 Å². The van der Waals surface area contributed by atoms with Gasteiger partial charge < -0.3 is 9.73 Å². The lowest BCUT2D eigenvalue weighted by molar-refractivity contribution is 0.276. The van der Waals surface area contributed by atoms with Crippen molar-refractivity contribution in [1.82, 2.24) is 5.32 Å². The summed E-state index contributed by atoms with van der Waals surface area (Å²) >= 11 is 3.31. The first kappa shape index (κ1) is 12.8. The van der Waals surface area contributed by atoms with Crippen LogP contribution in [0.4, 0.5) is 0 Å². The van der Waals surface area contributed by atoms with E-state index < -0.39 is 0 Å². The first-order chi connectivity index (χ1) is 7.15. The van der Waals surface area contributed by atoms with Gasteiger partial charge in [0.05, 0.1) is 6.54 Å². The van der Waals surface area contributed by atoms with Crippen molar-refractivity contribution in [3.63, 3.8) is 0 Å². The van der Waals surface area contributed by atoms with Gasteiger partial charge in [0.15, 0.2) is 4.67 Å². The van der Waals surface area contributed by atoms with Crippen molar-refractivity contribution in [1.29, 1.82) is 0 Å². The van der Waals surface area contributed by atoms with E-state index in [1.165, 1.54) is 0 Å². The van der Waals surface area contributed by atoms with Crippen LogP contribution in [0.3, 0.4) is 0 Å². The number of rotatable bonds is 6. The van der Waals surface area contributed by atoms with Crippen LogP contribution in [0, 0.1) is 0 Å². The van der Waals surface area contributed by atoms with Crippen molar-refractivity contribution >= 4 is 15.9 Å². The molecule has 1 rings (SSSR count). The Morgan fingerprint density at radius 1 is 1.20 bits per heavy atom. The zero-order valence-corrected chi connectivity index (χ0v) is 11.4. The summed E-state index contributed by atoms with van der Waals surface area (Å²) in [6.07, 6.45) is 3.46. The zero-order valence-electron chi connectivity index (χ0n) is 9.77. The van der Waals surface area contributed by atoms with E-state index in [1.54, 1.807) is 0 Å². The van der Waals surface area contributed by atoms with E-state index in [4.69, 9.17) is 4.42 Å². The number of hydrogen-bond acceptors (Lipinski definition) is 2. The molecule has 0 aliphatic rings. The molecule has 0 bridgehead atoms. The lowest BCUT2D eigenvalue weighted by Gasteiger charge is -2.31. The smallest absolute Gasteiger partial charge is 0.169 e. The Kier molecular flexibility index (Phi) is 4.87. The van der Waals surface area contributed by atoms with Gasteiger partial charge in [0.25, 0.3) is 0 Å². The summed E-state index contributed by atoms with van der Waals surface area (Å²) in [6, 6.07) is 3.94. The standard InChI is InChI=1S/C12H20BrNO/c1-4-12(5-2,6-3)14-9-10-7-8-11(13)15-10/h7-8,14H,4-6,9H2,1-3H3. The van der Waals surface area contributed by atoms with Crippen LogP contribution in [0.25, 0.3) is 0 Å². The molecule has 0 aliphatic carbocycles. The van der Waals surface area contributed by atoms with E-state index in [0.717, 1.165) is 36.2 Å². The van der Waals surface area contributed by atoms with Crippen LogP contribution in [0.5, 0.6) is 0 Å². The van der Waals surface area contributed by atoms with Crippen molar-refractivity contribution in [2.24, 2.45) is 0 Å². The first-order valence-electron chi connectivity index (χ1n) is 5.65. The lowest BCUT2D eigenvalue weighted by atomic mass is 9.90. The van der Waals surface area contributed by atoms with Crippen LogP contribution in [-0.4, -0.2) is 5.54 Å². The van der Waals surface area contributed by atoms with Crippen LogP contribution in [0.2, 0.25) is 0 Å². The molecule has 3 heteroatoms. The van der Waals surface area contributed by atoms with Crippen LogP contribution < -0.4 is 5.32 Å². The predicted molar refractivity (Wildman–Crippen MR) is 66.9 cm³/mol. The minimum Gasteiger partial charge on any atom is -0.453 e. The highest BCUT2D eigenvalue weighted by Gasteiger charge is 2.22. The second kappa shape index (κ2) is 5.71. The van der Waals surface area contributed by atoms with Gasteiger partial charge in [0.1, 0.15) is 5.76 Å². The second-order valence-corrected chi connectivity index (χ2v) is 4.68. The molecule has 86 valence electrons. The third-order valence-corrected chi connectivity index (χ3v) is 3.72. The van der Waals surface area contributed by atoms with Crippen molar-refractivity contribution in [3.8, 4) is 0 Å². The molecule has 0 aromatic carbocycles.